The van der Waals surface area contributed by atoms with Crippen molar-refractivity contribution in [3.63, 3.8) is 0 Å². The molecule has 0 atom stereocenters. The van der Waals surface area contributed by atoms with Gasteiger partial charge >= 0.3 is 5.63 Å². The van der Waals surface area contributed by atoms with Gasteiger partial charge < -0.3 is 9.52 Å². The molecule has 2 aromatic carbocycles. The average molecular weight is 315 g/mol. The van der Waals surface area contributed by atoms with Crippen LogP contribution < -0.4 is 5.63 Å². The van der Waals surface area contributed by atoms with Crippen molar-refractivity contribution >= 4 is 33.9 Å². The molecule has 0 aliphatic rings. The lowest BCUT2D eigenvalue weighted by atomic mass is 10.1. The van der Waals surface area contributed by atoms with Gasteiger partial charge in [-0.05, 0) is 36.8 Å². The van der Waals surface area contributed by atoms with Crippen molar-refractivity contribution in [2.24, 2.45) is 10.2 Å². The van der Waals surface area contributed by atoms with Crippen LogP contribution in [0.4, 0.5) is 11.4 Å². The van der Waals surface area contributed by atoms with E-state index in [0.717, 1.165) is 5.56 Å². The molecule has 0 unspecified atom stereocenters. The number of nitrogens with zero attached hydrogens (tertiary/aromatic N) is 2. The predicted molar refractivity (Wildman–Crippen MR) is 84.5 cm³/mol. The molecule has 0 saturated heterocycles. The summed E-state index contributed by atoms with van der Waals surface area (Å²) in [6, 6.07) is 11.9. The van der Waals surface area contributed by atoms with E-state index in [2.05, 4.69) is 10.2 Å². The van der Waals surface area contributed by atoms with Crippen molar-refractivity contribution in [3.8, 4) is 5.75 Å². The second kappa shape index (κ2) is 5.61. The minimum Gasteiger partial charge on any atom is -0.505 e. The van der Waals surface area contributed by atoms with Gasteiger partial charge in [0.1, 0.15) is 5.58 Å². The van der Waals surface area contributed by atoms with Gasteiger partial charge in [0.25, 0.3) is 0 Å². The maximum Gasteiger partial charge on any atom is 0.368 e. The molecule has 5 nitrogen and oxygen atoms in total. The number of hydrogen-bond donors (Lipinski definition) is 1. The van der Waals surface area contributed by atoms with E-state index in [1.807, 2.05) is 0 Å². The van der Waals surface area contributed by atoms with Gasteiger partial charge in [-0.2, -0.15) is 5.11 Å². The quantitative estimate of drug-likeness (QED) is 0.541. The number of rotatable bonds is 2. The standard InChI is InChI=1S/C16H11ClN2O3/c1-9-4-2-7-12-14(20)13(16(21)22-15(9)12)19-18-11-6-3-5-10(17)8-11/h2-8,20H,1H3. The highest BCUT2D eigenvalue weighted by Gasteiger charge is 2.14. The van der Waals surface area contributed by atoms with Gasteiger partial charge in [-0.1, -0.05) is 29.8 Å². The van der Waals surface area contributed by atoms with Crippen LogP contribution in [0.3, 0.4) is 0 Å². The normalized spacial score (nSPS) is 11.4. The van der Waals surface area contributed by atoms with Crippen molar-refractivity contribution in [2.75, 3.05) is 0 Å². The van der Waals surface area contributed by atoms with E-state index in [1.165, 1.54) is 0 Å². The fourth-order valence-electron chi connectivity index (χ4n) is 2.07. The fourth-order valence-corrected chi connectivity index (χ4v) is 2.26. The minimum absolute atomic E-state index is 0.238. The zero-order valence-electron chi connectivity index (χ0n) is 11.6. The van der Waals surface area contributed by atoms with Gasteiger partial charge in [-0.3, -0.25) is 0 Å². The first-order valence-electron chi connectivity index (χ1n) is 6.49. The SMILES string of the molecule is Cc1cccc2c(O)c(N=Nc3cccc(Cl)c3)c(=O)oc12. The van der Waals surface area contributed by atoms with Crippen LogP contribution in [-0.4, -0.2) is 5.11 Å². The van der Waals surface area contributed by atoms with E-state index >= 15 is 0 Å². The van der Waals surface area contributed by atoms with Crippen LogP contribution in [0.2, 0.25) is 5.02 Å². The summed E-state index contributed by atoms with van der Waals surface area (Å²) < 4.78 is 5.22. The first kappa shape index (κ1) is 14.3. The molecule has 0 saturated carbocycles. The van der Waals surface area contributed by atoms with Gasteiger partial charge in [0.2, 0.25) is 5.69 Å². The number of para-hydroxylation sites is 1. The Morgan fingerprint density at radius 2 is 1.91 bits per heavy atom. The number of hydrogen-bond acceptors (Lipinski definition) is 5. The minimum atomic E-state index is -0.745. The molecule has 0 bridgehead atoms. The van der Waals surface area contributed by atoms with Crippen LogP contribution in [0.5, 0.6) is 5.75 Å². The van der Waals surface area contributed by atoms with Crippen LogP contribution in [-0.2, 0) is 0 Å². The molecule has 1 aromatic heterocycles. The van der Waals surface area contributed by atoms with E-state index in [1.54, 1.807) is 49.4 Å². The van der Waals surface area contributed by atoms with Crippen molar-refractivity contribution in [2.45, 2.75) is 6.92 Å². The first-order chi connectivity index (χ1) is 10.6. The van der Waals surface area contributed by atoms with Gasteiger partial charge in [0, 0.05) is 5.02 Å². The van der Waals surface area contributed by atoms with Crippen molar-refractivity contribution in [1.29, 1.82) is 0 Å². The summed E-state index contributed by atoms with van der Waals surface area (Å²) in [5, 5.41) is 18.9. The Kier molecular flexibility index (Phi) is 3.65. The van der Waals surface area contributed by atoms with Crippen LogP contribution >= 0.6 is 11.6 Å². The number of azo groups is 1. The summed E-state index contributed by atoms with van der Waals surface area (Å²) in [6.07, 6.45) is 0. The Bertz CT molecular complexity index is 948. The second-order valence-corrected chi connectivity index (χ2v) is 5.15. The van der Waals surface area contributed by atoms with Crippen LogP contribution in [0.25, 0.3) is 11.0 Å². The fraction of sp³-hybridized carbons (Fsp3) is 0.0625. The summed E-state index contributed by atoms with van der Waals surface area (Å²) in [6.45, 7) is 1.79. The van der Waals surface area contributed by atoms with Gasteiger partial charge in [0.05, 0.1) is 11.1 Å². The molecule has 22 heavy (non-hydrogen) atoms. The molecule has 0 aliphatic carbocycles. The molecule has 0 aliphatic heterocycles. The number of aryl methyl sites for hydroxylation is 1. The summed E-state index contributed by atoms with van der Waals surface area (Å²) in [7, 11) is 0. The molecule has 1 N–H and O–H groups in total. The topological polar surface area (TPSA) is 75.2 Å². The highest BCUT2D eigenvalue weighted by molar-refractivity contribution is 6.30. The van der Waals surface area contributed by atoms with Gasteiger partial charge in [-0.25, -0.2) is 4.79 Å². The van der Waals surface area contributed by atoms with Gasteiger partial charge in [0.15, 0.2) is 5.75 Å². The third-order valence-corrected chi connectivity index (χ3v) is 3.39. The molecule has 110 valence electrons. The van der Waals surface area contributed by atoms with Crippen LogP contribution in [0, 0.1) is 6.92 Å². The Morgan fingerprint density at radius 1 is 1.14 bits per heavy atom. The Hall–Kier alpha value is -2.66. The lowest BCUT2D eigenvalue weighted by Crippen LogP contribution is -1.99. The third kappa shape index (κ3) is 2.58. The van der Waals surface area contributed by atoms with E-state index < -0.39 is 5.63 Å². The zero-order chi connectivity index (χ0) is 15.7. The molecular formula is C16H11ClN2O3. The van der Waals surface area contributed by atoms with Crippen molar-refractivity contribution < 1.29 is 9.52 Å². The monoisotopic (exact) mass is 314 g/mol. The molecule has 0 fully saturated rings. The average Bonchev–Trinajstić information content (AvgIpc) is 2.48. The second-order valence-electron chi connectivity index (χ2n) is 4.72. The Balaban J connectivity index is 2.14. The lowest BCUT2D eigenvalue weighted by Gasteiger charge is -2.04. The summed E-state index contributed by atoms with van der Waals surface area (Å²) in [5.74, 6) is -0.249. The molecule has 6 heteroatoms. The molecule has 1 heterocycles. The van der Waals surface area contributed by atoms with E-state index in [4.69, 9.17) is 16.0 Å². The maximum absolute atomic E-state index is 12.0. The third-order valence-electron chi connectivity index (χ3n) is 3.15. The van der Waals surface area contributed by atoms with E-state index in [-0.39, 0.29) is 11.4 Å². The highest BCUT2D eigenvalue weighted by Crippen LogP contribution is 2.33. The van der Waals surface area contributed by atoms with E-state index in [0.29, 0.717) is 21.7 Å². The van der Waals surface area contributed by atoms with E-state index in [9.17, 15) is 9.90 Å². The largest absolute Gasteiger partial charge is 0.505 e. The zero-order valence-corrected chi connectivity index (χ0v) is 12.3. The molecular weight excluding hydrogens is 304 g/mol. The summed E-state index contributed by atoms with van der Waals surface area (Å²) >= 11 is 5.85. The number of fused-ring (bicyclic) bond motifs is 1. The number of aromatic hydroxyl groups is 1. The molecule has 3 aromatic rings. The molecule has 0 amide bonds. The molecule has 0 spiro atoms. The number of halogens is 1. The predicted octanol–water partition coefficient (Wildman–Crippen LogP) is 4.88. The highest BCUT2D eigenvalue weighted by atomic mass is 35.5. The van der Waals surface area contributed by atoms with Crippen LogP contribution in [0.15, 0.2) is 61.9 Å². The summed E-state index contributed by atoms with van der Waals surface area (Å²) in [5.41, 5.74) is 0.578. The van der Waals surface area contributed by atoms with Crippen LogP contribution in [0.1, 0.15) is 5.56 Å². The number of benzene rings is 2. The van der Waals surface area contributed by atoms with Crippen molar-refractivity contribution in [3.05, 3.63) is 63.5 Å². The lowest BCUT2D eigenvalue weighted by molar-refractivity contribution is 0.469. The van der Waals surface area contributed by atoms with Crippen molar-refractivity contribution in [1.82, 2.24) is 0 Å². The summed E-state index contributed by atoms with van der Waals surface area (Å²) in [4.78, 5) is 12.0. The smallest absolute Gasteiger partial charge is 0.368 e. The Labute approximate surface area is 130 Å². The molecule has 3 rings (SSSR count). The van der Waals surface area contributed by atoms with Gasteiger partial charge in [-0.15, -0.1) is 5.11 Å². The maximum atomic E-state index is 12.0. The Morgan fingerprint density at radius 3 is 2.68 bits per heavy atom. The first-order valence-corrected chi connectivity index (χ1v) is 6.87. The molecule has 0 radical (unpaired) electrons.